The molecule has 0 unspecified atom stereocenters. The molecular formula is C21H21N3O3S. The van der Waals surface area contributed by atoms with Gasteiger partial charge in [-0.1, -0.05) is 26.0 Å². The first kappa shape index (κ1) is 18.3. The zero-order valence-corrected chi connectivity index (χ0v) is 16.5. The molecule has 0 bridgehead atoms. The van der Waals surface area contributed by atoms with Crippen LogP contribution in [-0.4, -0.2) is 24.1 Å². The van der Waals surface area contributed by atoms with Crippen LogP contribution in [0.4, 0.5) is 16.5 Å². The zero-order valence-electron chi connectivity index (χ0n) is 15.7. The summed E-state index contributed by atoms with van der Waals surface area (Å²) in [6, 6.07) is 13.5. The highest BCUT2D eigenvalue weighted by Crippen LogP contribution is 2.34. The number of carbonyl (C=O) groups is 1. The van der Waals surface area contributed by atoms with E-state index < -0.39 is 0 Å². The van der Waals surface area contributed by atoms with Gasteiger partial charge in [-0.05, 0) is 24.3 Å². The quantitative estimate of drug-likeness (QED) is 0.642. The number of anilines is 3. The highest BCUT2D eigenvalue weighted by Gasteiger charge is 2.13. The van der Waals surface area contributed by atoms with Crippen LogP contribution in [0.2, 0.25) is 0 Å². The molecule has 0 saturated carbocycles. The molecule has 0 aliphatic carbocycles. The van der Waals surface area contributed by atoms with Gasteiger partial charge in [0, 0.05) is 34.3 Å². The van der Waals surface area contributed by atoms with Crippen molar-refractivity contribution in [1.29, 1.82) is 0 Å². The molecule has 0 atom stereocenters. The van der Waals surface area contributed by atoms with Crippen molar-refractivity contribution < 1.29 is 14.3 Å². The lowest BCUT2D eigenvalue weighted by Crippen LogP contribution is -2.17. The number of hydrogen-bond donors (Lipinski definition) is 2. The SMILES string of the molecule is CC(C)C(=O)Nc1ccc(-c2csc(Nc3ccc4c(c3)OCCO4)n2)cc1. The standard InChI is InChI=1S/C21H21N3O3S/c1-13(2)20(25)22-15-5-3-14(4-6-15)17-12-28-21(24-17)23-16-7-8-18-19(11-16)27-10-9-26-18/h3-8,11-13H,9-10H2,1-2H3,(H,22,25)(H,23,24). The summed E-state index contributed by atoms with van der Waals surface area (Å²) >= 11 is 1.53. The third-order valence-corrected chi connectivity index (χ3v) is 5.03. The second kappa shape index (κ2) is 7.90. The van der Waals surface area contributed by atoms with Gasteiger partial charge in [-0.2, -0.15) is 0 Å². The Morgan fingerprint density at radius 2 is 1.75 bits per heavy atom. The van der Waals surface area contributed by atoms with Gasteiger partial charge in [0.1, 0.15) is 13.2 Å². The molecule has 28 heavy (non-hydrogen) atoms. The van der Waals surface area contributed by atoms with E-state index in [0.717, 1.165) is 39.3 Å². The van der Waals surface area contributed by atoms with Crippen molar-refractivity contribution in [2.45, 2.75) is 13.8 Å². The van der Waals surface area contributed by atoms with Gasteiger partial charge in [-0.25, -0.2) is 4.98 Å². The molecule has 1 aromatic heterocycles. The minimum atomic E-state index is -0.0487. The number of nitrogens with zero attached hydrogens (tertiary/aromatic N) is 1. The normalized spacial score (nSPS) is 12.7. The largest absolute Gasteiger partial charge is 0.486 e. The van der Waals surface area contributed by atoms with Crippen LogP contribution in [0.1, 0.15) is 13.8 Å². The molecule has 0 fully saturated rings. The fraction of sp³-hybridized carbons (Fsp3) is 0.238. The Morgan fingerprint density at radius 3 is 2.50 bits per heavy atom. The number of carbonyl (C=O) groups excluding carboxylic acids is 1. The fourth-order valence-electron chi connectivity index (χ4n) is 2.72. The number of rotatable bonds is 5. The fourth-order valence-corrected chi connectivity index (χ4v) is 3.46. The van der Waals surface area contributed by atoms with Crippen molar-refractivity contribution in [1.82, 2.24) is 4.98 Å². The van der Waals surface area contributed by atoms with Gasteiger partial charge >= 0.3 is 0 Å². The van der Waals surface area contributed by atoms with Crippen molar-refractivity contribution in [3.8, 4) is 22.8 Å². The molecular weight excluding hydrogens is 374 g/mol. The van der Waals surface area contributed by atoms with Crippen molar-refractivity contribution in [2.24, 2.45) is 5.92 Å². The van der Waals surface area contributed by atoms with Crippen LogP contribution in [0.15, 0.2) is 47.8 Å². The maximum atomic E-state index is 11.8. The number of ether oxygens (including phenoxy) is 2. The first-order valence-electron chi connectivity index (χ1n) is 9.12. The van der Waals surface area contributed by atoms with E-state index in [4.69, 9.17) is 9.47 Å². The lowest BCUT2D eigenvalue weighted by molar-refractivity contribution is -0.118. The van der Waals surface area contributed by atoms with Gasteiger partial charge in [-0.3, -0.25) is 4.79 Å². The number of nitrogens with one attached hydrogen (secondary N) is 2. The molecule has 1 amide bonds. The number of benzene rings is 2. The average molecular weight is 395 g/mol. The van der Waals surface area contributed by atoms with Crippen LogP contribution in [0.5, 0.6) is 11.5 Å². The van der Waals surface area contributed by atoms with Crippen molar-refractivity contribution in [2.75, 3.05) is 23.8 Å². The molecule has 1 aliphatic rings. The van der Waals surface area contributed by atoms with Crippen molar-refractivity contribution >= 4 is 33.8 Å². The Morgan fingerprint density at radius 1 is 1.04 bits per heavy atom. The summed E-state index contributed by atoms with van der Waals surface area (Å²) in [5.41, 5.74) is 3.56. The van der Waals surface area contributed by atoms with E-state index in [0.29, 0.717) is 13.2 Å². The van der Waals surface area contributed by atoms with Gasteiger partial charge in [0.25, 0.3) is 0 Å². The summed E-state index contributed by atoms with van der Waals surface area (Å²) in [7, 11) is 0. The first-order chi connectivity index (χ1) is 13.6. The molecule has 0 spiro atoms. The van der Waals surface area contributed by atoms with Crippen molar-refractivity contribution in [3.05, 3.63) is 47.8 Å². The second-order valence-electron chi connectivity index (χ2n) is 6.74. The molecule has 1 aliphatic heterocycles. The number of aromatic nitrogens is 1. The summed E-state index contributed by atoms with van der Waals surface area (Å²) in [5.74, 6) is 1.47. The van der Waals surface area contributed by atoms with Crippen molar-refractivity contribution in [3.63, 3.8) is 0 Å². The second-order valence-corrected chi connectivity index (χ2v) is 7.60. The number of amides is 1. The molecule has 7 heteroatoms. The monoisotopic (exact) mass is 395 g/mol. The Kier molecular flexibility index (Phi) is 5.16. The Balaban J connectivity index is 1.45. The van der Waals surface area contributed by atoms with E-state index in [-0.39, 0.29) is 11.8 Å². The molecule has 2 heterocycles. The highest BCUT2D eigenvalue weighted by molar-refractivity contribution is 7.14. The number of fused-ring (bicyclic) bond motifs is 1. The summed E-state index contributed by atoms with van der Waals surface area (Å²) in [6.45, 7) is 4.88. The first-order valence-corrected chi connectivity index (χ1v) is 10.00. The van der Waals surface area contributed by atoms with Gasteiger partial charge in [0.05, 0.1) is 5.69 Å². The molecule has 6 nitrogen and oxygen atoms in total. The van der Waals surface area contributed by atoms with E-state index in [2.05, 4.69) is 15.6 Å². The third kappa shape index (κ3) is 4.09. The summed E-state index contributed by atoms with van der Waals surface area (Å²) < 4.78 is 11.2. The van der Waals surface area contributed by atoms with Gasteiger partial charge in [-0.15, -0.1) is 11.3 Å². The van der Waals surface area contributed by atoms with Crippen LogP contribution in [0.3, 0.4) is 0 Å². The third-order valence-electron chi connectivity index (χ3n) is 4.27. The Labute approximate surface area is 167 Å². The van der Waals surface area contributed by atoms with Crippen LogP contribution in [-0.2, 0) is 4.79 Å². The molecule has 144 valence electrons. The van der Waals surface area contributed by atoms with E-state index in [1.807, 2.05) is 61.7 Å². The molecule has 3 aromatic rings. The highest BCUT2D eigenvalue weighted by atomic mass is 32.1. The van der Waals surface area contributed by atoms with Crippen LogP contribution in [0, 0.1) is 5.92 Å². The van der Waals surface area contributed by atoms with E-state index in [9.17, 15) is 4.79 Å². The minimum Gasteiger partial charge on any atom is -0.486 e. The minimum absolute atomic E-state index is 0.00678. The summed E-state index contributed by atoms with van der Waals surface area (Å²) in [4.78, 5) is 16.4. The Bertz CT molecular complexity index is 983. The van der Waals surface area contributed by atoms with Crippen LogP contribution in [0.25, 0.3) is 11.3 Å². The smallest absolute Gasteiger partial charge is 0.226 e. The van der Waals surface area contributed by atoms with Gasteiger partial charge in [0.15, 0.2) is 16.6 Å². The van der Waals surface area contributed by atoms with E-state index in [1.54, 1.807) is 0 Å². The molecule has 2 aromatic carbocycles. The van der Waals surface area contributed by atoms with Crippen LogP contribution >= 0.6 is 11.3 Å². The predicted molar refractivity (Wildman–Crippen MR) is 112 cm³/mol. The number of thiazole rings is 1. The van der Waals surface area contributed by atoms with Gasteiger partial charge < -0.3 is 20.1 Å². The maximum absolute atomic E-state index is 11.8. The lowest BCUT2D eigenvalue weighted by atomic mass is 10.1. The Hall–Kier alpha value is -3.06. The molecule has 0 radical (unpaired) electrons. The maximum Gasteiger partial charge on any atom is 0.226 e. The predicted octanol–water partition coefficient (Wildman–Crippen LogP) is 4.92. The summed E-state index contributed by atoms with van der Waals surface area (Å²) in [5, 5.41) is 9.00. The summed E-state index contributed by atoms with van der Waals surface area (Å²) in [6.07, 6.45) is 0. The van der Waals surface area contributed by atoms with Crippen LogP contribution < -0.4 is 20.1 Å². The zero-order chi connectivity index (χ0) is 19.5. The molecule has 0 saturated heterocycles. The topological polar surface area (TPSA) is 72.5 Å². The average Bonchev–Trinajstić information content (AvgIpc) is 3.17. The van der Waals surface area contributed by atoms with Gasteiger partial charge in [0.2, 0.25) is 5.91 Å². The van der Waals surface area contributed by atoms with E-state index in [1.165, 1.54) is 11.3 Å². The molecule has 2 N–H and O–H groups in total. The lowest BCUT2D eigenvalue weighted by Gasteiger charge is -2.18. The number of hydrogen-bond acceptors (Lipinski definition) is 6. The molecule has 4 rings (SSSR count). The van der Waals surface area contributed by atoms with E-state index >= 15 is 0 Å².